The minimum absolute atomic E-state index is 0.00129. The summed E-state index contributed by atoms with van der Waals surface area (Å²) in [4.78, 5) is 35.1. The average Bonchev–Trinajstić information content (AvgIpc) is 2.89. The monoisotopic (exact) mass is 390 g/mol. The first-order valence-electron chi connectivity index (χ1n) is 8.04. The lowest BCUT2D eigenvalue weighted by Crippen LogP contribution is -2.19. The number of carbonyl (C=O) groups is 3. The van der Waals surface area contributed by atoms with Gasteiger partial charge in [0, 0.05) is 12.1 Å². The van der Waals surface area contributed by atoms with Crippen LogP contribution in [0.3, 0.4) is 0 Å². The van der Waals surface area contributed by atoms with Crippen LogP contribution in [0.1, 0.15) is 33.6 Å². The molecule has 0 saturated carbocycles. The molecule has 9 heteroatoms. The number of hydrogen-bond donors (Lipinski definition) is 2. The molecule has 7 nitrogen and oxygen atoms in total. The van der Waals surface area contributed by atoms with Gasteiger partial charge >= 0.3 is 0 Å². The molecule has 2 aromatic carbocycles. The highest BCUT2D eigenvalue weighted by atomic mass is 32.2. The molecular weight excluding hydrogens is 375 g/mol. The first-order valence-corrected chi connectivity index (χ1v) is 9.69. The molecule has 0 saturated heterocycles. The van der Waals surface area contributed by atoms with E-state index in [2.05, 4.69) is 10.6 Å². The third kappa shape index (κ3) is 4.20. The lowest BCUT2D eigenvalue weighted by Gasteiger charge is -2.07. The molecule has 0 aromatic heterocycles. The fraction of sp³-hybridized carbons (Fsp3) is 0.167. The number of amides is 3. The van der Waals surface area contributed by atoms with Crippen molar-refractivity contribution in [1.29, 1.82) is 0 Å². The van der Waals surface area contributed by atoms with Crippen LogP contribution in [0.2, 0.25) is 0 Å². The quantitative estimate of drug-likeness (QED) is 0.578. The number of benzene rings is 2. The third-order valence-electron chi connectivity index (χ3n) is 4.01. The Morgan fingerprint density at radius 1 is 1.00 bits per heavy atom. The van der Waals surface area contributed by atoms with E-state index in [9.17, 15) is 27.2 Å². The summed E-state index contributed by atoms with van der Waals surface area (Å²) in [5.41, 5.74) is 0.755. The van der Waals surface area contributed by atoms with Gasteiger partial charge in [-0.25, -0.2) is 12.8 Å². The van der Waals surface area contributed by atoms with Crippen molar-refractivity contribution in [3.63, 3.8) is 0 Å². The van der Waals surface area contributed by atoms with E-state index >= 15 is 0 Å². The second kappa shape index (κ2) is 7.28. The average molecular weight is 390 g/mol. The zero-order chi connectivity index (χ0) is 19.6. The molecule has 2 N–H and O–H groups in total. The van der Waals surface area contributed by atoms with Crippen LogP contribution in [0, 0.1) is 5.82 Å². The van der Waals surface area contributed by atoms with Gasteiger partial charge in [0.05, 0.1) is 21.8 Å². The zero-order valence-electron chi connectivity index (χ0n) is 14.0. The van der Waals surface area contributed by atoms with Crippen LogP contribution in [0.5, 0.6) is 0 Å². The van der Waals surface area contributed by atoms with Crippen molar-refractivity contribution in [2.45, 2.75) is 17.7 Å². The van der Waals surface area contributed by atoms with Gasteiger partial charge in [-0.15, -0.1) is 0 Å². The summed E-state index contributed by atoms with van der Waals surface area (Å²) in [6, 6.07) is 8.81. The van der Waals surface area contributed by atoms with Crippen LogP contribution >= 0.6 is 0 Å². The normalized spacial score (nSPS) is 13.2. The molecule has 3 rings (SSSR count). The Labute approximate surface area is 154 Å². The molecule has 0 fully saturated rings. The van der Waals surface area contributed by atoms with Crippen LogP contribution in [0.25, 0.3) is 0 Å². The Balaban J connectivity index is 1.56. The van der Waals surface area contributed by atoms with E-state index in [4.69, 9.17) is 0 Å². The van der Waals surface area contributed by atoms with Gasteiger partial charge in [-0.3, -0.25) is 19.7 Å². The molecule has 1 heterocycles. The van der Waals surface area contributed by atoms with Crippen molar-refractivity contribution in [2.75, 3.05) is 11.1 Å². The molecule has 0 atom stereocenters. The van der Waals surface area contributed by atoms with Gasteiger partial charge in [0.25, 0.3) is 11.8 Å². The maximum atomic E-state index is 12.9. The van der Waals surface area contributed by atoms with E-state index in [0.29, 0.717) is 5.69 Å². The van der Waals surface area contributed by atoms with Crippen molar-refractivity contribution in [3.05, 3.63) is 59.4 Å². The summed E-state index contributed by atoms with van der Waals surface area (Å²) < 4.78 is 37.2. The van der Waals surface area contributed by atoms with Gasteiger partial charge in [0.15, 0.2) is 9.84 Å². The number of fused-ring (bicyclic) bond motifs is 1. The molecule has 0 spiro atoms. The maximum Gasteiger partial charge on any atom is 0.259 e. The van der Waals surface area contributed by atoms with Crippen LogP contribution in [-0.4, -0.2) is 31.9 Å². The molecule has 0 bridgehead atoms. The largest absolute Gasteiger partial charge is 0.326 e. The zero-order valence-corrected chi connectivity index (χ0v) is 14.8. The number of imide groups is 1. The summed E-state index contributed by atoms with van der Waals surface area (Å²) in [6.45, 7) is 0. The first kappa shape index (κ1) is 18.7. The molecule has 140 valence electrons. The van der Waals surface area contributed by atoms with Crippen LogP contribution < -0.4 is 10.6 Å². The highest BCUT2D eigenvalue weighted by Crippen LogP contribution is 2.20. The lowest BCUT2D eigenvalue weighted by atomic mass is 10.1. The van der Waals surface area contributed by atoms with Gasteiger partial charge < -0.3 is 5.32 Å². The topological polar surface area (TPSA) is 109 Å². The third-order valence-corrected chi connectivity index (χ3v) is 5.83. The number of carbonyl (C=O) groups excluding carboxylic acids is 3. The fourth-order valence-electron chi connectivity index (χ4n) is 2.65. The Bertz CT molecular complexity index is 1030. The first-order chi connectivity index (χ1) is 12.8. The Morgan fingerprint density at radius 3 is 2.37 bits per heavy atom. The molecule has 3 amide bonds. The van der Waals surface area contributed by atoms with Crippen molar-refractivity contribution in [3.8, 4) is 0 Å². The lowest BCUT2D eigenvalue weighted by molar-refractivity contribution is -0.116. The van der Waals surface area contributed by atoms with Gasteiger partial charge in [-0.05, 0) is 48.9 Å². The highest BCUT2D eigenvalue weighted by Gasteiger charge is 2.26. The smallest absolute Gasteiger partial charge is 0.259 e. The van der Waals surface area contributed by atoms with E-state index in [-0.39, 0.29) is 34.6 Å². The van der Waals surface area contributed by atoms with E-state index in [1.807, 2.05) is 0 Å². The number of halogens is 1. The van der Waals surface area contributed by atoms with E-state index in [1.165, 1.54) is 30.3 Å². The van der Waals surface area contributed by atoms with E-state index in [1.54, 1.807) is 0 Å². The number of sulfone groups is 1. The van der Waals surface area contributed by atoms with Crippen molar-refractivity contribution in [1.82, 2.24) is 5.32 Å². The Morgan fingerprint density at radius 2 is 1.67 bits per heavy atom. The molecule has 1 aliphatic heterocycles. The molecular formula is C18H15FN2O5S. The number of rotatable bonds is 6. The second-order valence-corrected chi connectivity index (χ2v) is 8.08. The predicted molar refractivity (Wildman–Crippen MR) is 94.6 cm³/mol. The minimum Gasteiger partial charge on any atom is -0.326 e. The number of nitrogens with one attached hydrogen (secondary N) is 2. The van der Waals surface area contributed by atoms with Gasteiger partial charge in [0.2, 0.25) is 5.91 Å². The standard InChI is InChI=1S/C18H15FN2O5S/c19-11-3-6-13(7-4-11)27(25,26)9-1-2-16(22)20-12-5-8-14-15(10-12)18(24)21-17(14)23/h3-8,10H,1-2,9H2,(H,20,22)(H,21,23,24). The molecule has 0 aliphatic carbocycles. The highest BCUT2D eigenvalue weighted by molar-refractivity contribution is 7.91. The van der Waals surface area contributed by atoms with Crippen LogP contribution in [0.15, 0.2) is 47.4 Å². The molecule has 0 radical (unpaired) electrons. The summed E-state index contributed by atoms with van der Waals surface area (Å²) in [6.07, 6.45) is 0.0259. The Hall–Kier alpha value is -3.07. The predicted octanol–water partition coefficient (Wildman–Crippen LogP) is 1.90. The van der Waals surface area contributed by atoms with E-state index in [0.717, 1.165) is 12.1 Å². The molecule has 2 aromatic rings. The molecule has 0 unspecified atom stereocenters. The maximum absolute atomic E-state index is 12.9. The van der Waals surface area contributed by atoms with Gasteiger partial charge in [0.1, 0.15) is 5.82 Å². The number of hydrogen-bond acceptors (Lipinski definition) is 5. The van der Waals surface area contributed by atoms with Crippen molar-refractivity contribution in [2.24, 2.45) is 0 Å². The SMILES string of the molecule is O=C(CCCS(=O)(=O)c1ccc(F)cc1)Nc1ccc2c(c1)C(=O)NC2=O. The molecule has 27 heavy (non-hydrogen) atoms. The van der Waals surface area contributed by atoms with Crippen LogP contribution in [-0.2, 0) is 14.6 Å². The minimum atomic E-state index is -3.60. The molecule has 1 aliphatic rings. The van der Waals surface area contributed by atoms with E-state index < -0.39 is 33.4 Å². The van der Waals surface area contributed by atoms with Crippen molar-refractivity contribution < 1.29 is 27.2 Å². The summed E-state index contributed by atoms with van der Waals surface area (Å²) in [5, 5.41) is 4.72. The summed E-state index contributed by atoms with van der Waals surface area (Å²) in [7, 11) is -3.60. The van der Waals surface area contributed by atoms with Gasteiger partial charge in [-0.1, -0.05) is 0 Å². The second-order valence-electron chi connectivity index (χ2n) is 5.97. The summed E-state index contributed by atoms with van der Waals surface area (Å²) >= 11 is 0. The number of anilines is 1. The van der Waals surface area contributed by atoms with Gasteiger partial charge in [-0.2, -0.15) is 0 Å². The summed E-state index contributed by atoms with van der Waals surface area (Å²) in [5.74, 6) is -2.23. The fourth-order valence-corrected chi connectivity index (χ4v) is 3.96. The van der Waals surface area contributed by atoms with Crippen molar-refractivity contribution >= 4 is 33.2 Å². The Kier molecular flexibility index (Phi) is 5.04. The van der Waals surface area contributed by atoms with Crippen LogP contribution in [0.4, 0.5) is 10.1 Å².